The van der Waals surface area contributed by atoms with Gasteiger partial charge in [-0.1, -0.05) is 0 Å². The van der Waals surface area contributed by atoms with E-state index in [0.29, 0.717) is 32.3 Å². The fourth-order valence-corrected chi connectivity index (χ4v) is 4.18. The molecular weight excluding hydrogens is 282 g/mol. The highest BCUT2D eigenvalue weighted by atomic mass is 32.2. The molecule has 1 aromatic heterocycles. The van der Waals surface area contributed by atoms with Gasteiger partial charge in [0.1, 0.15) is 11.0 Å². The van der Waals surface area contributed by atoms with Crippen LogP contribution in [0.25, 0.3) is 0 Å². The maximum absolute atomic E-state index is 12.3. The Balaban J connectivity index is 1.65. The van der Waals surface area contributed by atoms with Gasteiger partial charge in [0.15, 0.2) is 0 Å². The minimum absolute atomic E-state index is 0.118. The SMILES string of the molecule is O=S1(=O)N[C@@H]2CN(C3COC3)C[C@@H]2Oc2ncccc21. The molecule has 2 atom stereocenters. The van der Waals surface area contributed by atoms with Crippen molar-refractivity contribution in [1.82, 2.24) is 14.6 Å². The molecule has 3 aliphatic heterocycles. The van der Waals surface area contributed by atoms with E-state index in [9.17, 15) is 8.42 Å². The van der Waals surface area contributed by atoms with Gasteiger partial charge in [-0.3, -0.25) is 4.90 Å². The first-order valence-electron chi connectivity index (χ1n) is 6.59. The van der Waals surface area contributed by atoms with Gasteiger partial charge >= 0.3 is 0 Å². The molecule has 4 rings (SSSR count). The van der Waals surface area contributed by atoms with E-state index in [0.717, 1.165) is 0 Å². The van der Waals surface area contributed by atoms with Crippen molar-refractivity contribution in [3.63, 3.8) is 0 Å². The number of hydrogen-bond acceptors (Lipinski definition) is 6. The van der Waals surface area contributed by atoms with E-state index in [4.69, 9.17) is 9.47 Å². The molecule has 1 N–H and O–H groups in total. The smallest absolute Gasteiger partial charge is 0.246 e. The van der Waals surface area contributed by atoms with Crippen molar-refractivity contribution in [3.8, 4) is 5.88 Å². The van der Waals surface area contributed by atoms with Crippen molar-refractivity contribution >= 4 is 10.0 Å². The second-order valence-corrected chi connectivity index (χ2v) is 7.02. The van der Waals surface area contributed by atoms with E-state index in [1.165, 1.54) is 6.07 Å². The number of sulfonamides is 1. The van der Waals surface area contributed by atoms with Crippen LogP contribution >= 0.6 is 0 Å². The first-order chi connectivity index (χ1) is 9.63. The summed E-state index contributed by atoms with van der Waals surface area (Å²) in [6.07, 6.45) is 1.34. The van der Waals surface area contributed by atoms with Crippen LogP contribution in [0, 0.1) is 0 Å². The quantitative estimate of drug-likeness (QED) is 0.731. The van der Waals surface area contributed by atoms with E-state index in [-0.39, 0.29) is 22.9 Å². The third-order valence-electron chi connectivity index (χ3n) is 4.03. The molecule has 0 saturated carbocycles. The van der Waals surface area contributed by atoms with Crippen LogP contribution in [-0.4, -0.2) is 62.8 Å². The highest BCUT2D eigenvalue weighted by molar-refractivity contribution is 7.89. The van der Waals surface area contributed by atoms with Gasteiger partial charge in [0.05, 0.1) is 25.3 Å². The first kappa shape index (κ1) is 12.5. The highest BCUT2D eigenvalue weighted by Crippen LogP contribution is 2.30. The van der Waals surface area contributed by atoms with Gasteiger partial charge in [-0.2, -0.15) is 0 Å². The Labute approximate surface area is 116 Å². The fraction of sp³-hybridized carbons (Fsp3) is 0.583. The third-order valence-corrected chi connectivity index (χ3v) is 5.53. The van der Waals surface area contributed by atoms with Crippen molar-refractivity contribution in [3.05, 3.63) is 18.3 Å². The lowest BCUT2D eigenvalue weighted by atomic mass is 10.2. The lowest BCUT2D eigenvalue weighted by molar-refractivity contribution is -0.0595. The Kier molecular flexibility index (Phi) is 2.75. The predicted octanol–water partition coefficient (Wildman–Crippen LogP) is -0.796. The molecule has 0 radical (unpaired) electrons. The Bertz CT molecular complexity index is 631. The van der Waals surface area contributed by atoms with Crippen LogP contribution in [0.5, 0.6) is 5.88 Å². The van der Waals surface area contributed by atoms with E-state index in [2.05, 4.69) is 14.6 Å². The Hall–Kier alpha value is -1.22. The molecule has 0 unspecified atom stereocenters. The molecule has 7 nitrogen and oxygen atoms in total. The number of likely N-dealkylation sites (tertiary alicyclic amines) is 1. The van der Waals surface area contributed by atoms with Crippen LogP contribution in [0.2, 0.25) is 0 Å². The molecular formula is C12H15N3O4S. The van der Waals surface area contributed by atoms with Crippen LogP contribution in [-0.2, 0) is 14.8 Å². The molecule has 0 bridgehead atoms. The number of aromatic nitrogens is 1. The van der Waals surface area contributed by atoms with Crippen molar-refractivity contribution in [2.75, 3.05) is 26.3 Å². The van der Waals surface area contributed by atoms with Crippen molar-refractivity contribution in [2.45, 2.75) is 23.1 Å². The number of fused-ring (bicyclic) bond motifs is 2. The predicted molar refractivity (Wildman–Crippen MR) is 68.9 cm³/mol. The minimum atomic E-state index is -3.57. The third kappa shape index (κ3) is 1.91. The fourth-order valence-electron chi connectivity index (χ4n) is 2.84. The summed E-state index contributed by atoms with van der Waals surface area (Å²) in [6.45, 7) is 2.76. The summed E-state index contributed by atoms with van der Waals surface area (Å²) in [5.74, 6) is 0.194. The summed E-state index contributed by atoms with van der Waals surface area (Å²) in [5, 5.41) is 0. The number of hydrogen-bond donors (Lipinski definition) is 1. The van der Waals surface area contributed by atoms with Gasteiger partial charge in [-0.05, 0) is 12.1 Å². The molecule has 1 aromatic rings. The monoisotopic (exact) mass is 297 g/mol. The van der Waals surface area contributed by atoms with Crippen LogP contribution < -0.4 is 9.46 Å². The molecule has 2 fully saturated rings. The minimum Gasteiger partial charge on any atom is -0.470 e. The van der Waals surface area contributed by atoms with Crippen LogP contribution in [0.4, 0.5) is 0 Å². The average molecular weight is 297 g/mol. The Morgan fingerprint density at radius 2 is 2.20 bits per heavy atom. The summed E-state index contributed by atoms with van der Waals surface area (Å²) in [7, 11) is -3.57. The standard InChI is InChI=1S/C12H15N3O4S/c16-20(17)11-2-1-3-13-12(11)19-10-5-15(4-9(10)14-20)8-6-18-7-8/h1-3,8-10,14H,4-7H2/t9-,10+/m1/s1. The summed E-state index contributed by atoms with van der Waals surface area (Å²) < 4.78 is 38.4. The van der Waals surface area contributed by atoms with E-state index in [1.54, 1.807) is 12.3 Å². The van der Waals surface area contributed by atoms with Gasteiger partial charge in [-0.15, -0.1) is 0 Å². The molecule has 8 heteroatoms. The lowest BCUT2D eigenvalue weighted by Gasteiger charge is -2.34. The summed E-state index contributed by atoms with van der Waals surface area (Å²) in [6, 6.07) is 3.25. The number of pyridine rings is 1. The van der Waals surface area contributed by atoms with Gasteiger partial charge < -0.3 is 9.47 Å². The second kappa shape index (κ2) is 4.39. The maximum Gasteiger partial charge on any atom is 0.246 e. The van der Waals surface area contributed by atoms with Gasteiger partial charge in [-0.25, -0.2) is 18.1 Å². The average Bonchev–Trinajstić information content (AvgIpc) is 2.65. The number of ether oxygens (including phenoxy) is 2. The number of nitrogens with zero attached hydrogens (tertiary/aromatic N) is 2. The molecule has 3 aliphatic rings. The van der Waals surface area contributed by atoms with E-state index < -0.39 is 10.0 Å². The van der Waals surface area contributed by atoms with E-state index >= 15 is 0 Å². The Morgan fingerprint density at radius 1 is 1.35 bits per heavy atom. The molecule has 0 aliphatic carbocycles. The molecule has 2 saturated heterocycles. The van der Waals surface area contributed by atoms with Gasteiger partial charge in [0.2, 0.25) is 15.9 Å². The highest BCUT2D eigenvalue weighted by Gasteiger charge is 2.44. The first-order valence-corrected chi connectivity index (χ1v) is 8.07. The topological polar surface area (TPSA) is 80.8 Å². The molecule has 0 aromatic carbocycles. The van der Waals surface area contributed by atoms with E-state index in [1.807, 2.05) is 0 Å². The molecule has 0 amide bonds. The molecule has 108 valence electrons. The van der Waals surface area contributed by atoms with Gasteiger partial charge in [0.25, 0.3) is 0 Å². The normalized spacial score (nSPS) is 32.6. The molecule has 20 heavy (non-hydrogen) atoms. The van der Waals surface area contributed by atoms with Crippen LogP contribution in [0.1, 0.15) is 0 Å². The maximum atomic E-state index is 12.3. The lowest BCUT2D eigenvalue weighted by Crippen LogP contribution is -2.49. The van der Waals surface area contributed by atoms with Crippen molar-refractivity contribution < 1.29 is 17.9 Å². The second-order valence-electron chi connectivity index (χ2n) is 5.34. The van der Waals surface area contributed by atoms with Crippen molar-refractivity contribution in [2.24, 2.45) is 0 Å². The van der Waals surface area contributed by atoms with Crippen molar-refractivity contribution in [1.29, 1.82) is 0 Å². The zero-order chi connectivity index (χ0) is 13.7. The number of nitrogens with one attached hydrogen (secondary N) is 1. The van der Waals surface area contributed by atoms with Crippen LogP contribution in [0.15, 0.2) is 23.2 Å². The summed E-state index contributed by atoms with van der Waals surface area (Å²) >= 11 is 0. The largest absolute Gasteiger partial charge is 0.470 e. The zero-order valence-corrected chi connectivity index (χ0v) is 11.5. The Morgan fingerprint density at radius 3 is 2.95 bits per heavy atom. The number of rotatable bonds is 1. The summed E-state index contributed by atoms with van der Waals surface area (Å²) in [5.41, 5.74) is 0. The molecule has 0 spiro atoms. The summed E-state index contributed by atoms with van der Waals surface area (Å²) in [4.78, 5) is 6.39. The zero-order valence-electron chi connectivity index (χ0n) is 10.7. The van der Waals surface area contributed by atoms with Gasteiger partial charge in [0, 0.05) is 19.3 Å². The molecule has 4 heterocycles. The van der Waals surface area contributed by atoms with Crippen LogP contribution in [0.3, 0.4) is 0 Å².